The molecular formula is C3H5ClN4O4. The summed E-state index contributed by atoms with van der Waals surface area (Å²) in [7, 11) is 1.07. The zero-order valence-corrected chi connectivity index (χ0v) is 6.69. The van der Waals surface area contributed by atoms with Crippen molar-refractivity contribution in [3.8, 4) is 0 Å². The third kappa shape index (κ3) is 1.42. The molecule has 0 heterocycles. The molecule has 8 nitrogen and oxygen atoms in total. The van der Waals surface area contributed by atoms with Gasteiger partial charge in [0.05, 0.1) is 11.6 Å². The first-order valence-electron chi connectivity index (χ1n) is 2.58. The van der Waals surface area contributed by atoms with Crippen LogP contribution in [0.2, 0.25) is 0 Å². The van der Waals surface area contributed by atoms with Crippen molar-refractivity contribution in [1.82, 2.24) is 0 Å². The standard InChI is InChI=1S/C3H5ClN4O4/c1-6-2(5)3(4,7(9)10)8(11)12/h1H3,(H2,5,6). The number of hydrogen-bond donors (Lipinski definition) is 1. The number of aliphatic imine (C=N–C) groups is 1. The Morgan fingerprint density at radius 1 is 1.50 bits per heavy atom. The highest BCUT2D eigenvalue weighted by molar-refractivity contribution is 6.32. The first kappa shape index (κ1) is 10.6. The van der Waals surface area contributed by atoms with Gasteiger partial charge in [0.15, 0.2) is 0 Å². The maximum absolute atomic E-state index is 10.1. The van der Waals surface area contributed by atoms with Crippen LogP contribution >= 0.6 is 11.6 Å². The van der Waals surface area contributed by atoms with Crippen molar-refractivity contribution < 1.29 is 9.85 Å². The number of nitrogens with two attached hydrogens (primary N) is 1. The van der Waals surface area contributed by atoms with E-state index in [1.54, 1.807) is 0 Å². The van der Waals surface area contributed by atoms with Gasteiger partial charge in [-0.1, -0.05) is 0 Å². The summed E-state index contributed by atoms with van der Waals surface area (Å²) in [5, 5.41) is 17.2. The molecule has 0 bridgehead atoms. The number of halogens is 1. The van der Waals surface area contributed by atoms with Gasteiger partial charge in [0.25, 0.3) is 5.84 Å². The second-order valence-corrected chi connectivity index (χ2v) is 2.24. The molecule has 0 fully saturated rings. The Morgan fingerprint density at radius 3 is 1.92 bits per heavy atom. The van der Waals surface area contributed by atoms with Crippen LogP contribution in [-0.4, -0.2) is 27.9 Å². The van der Waals surface area contributed by atoms with Crippen LogP contribution < -0.4 is 5.73 Å². The van der Waals surface area contributed by atoms with E-state index in [0.717, 1.165) is 7.05 Å². The van der Waals surface area contributed by atoms with Gasteiger partial charge in [0, 0.05) is 7.05 Å². The minimum atomic E-state index is -3.05. The molecule has 0 unspecified atom stereocenters. The molecule has 0 atom stereocenters. The average molecular weight is 197 g/mol. The molecule has 0 aromatic carbocycles. The molecule has 0 radical (unpaired) electrons. The summed E-state index contributed by atoms with van der Waals surface area (Å²) in [5.74, 6) is -0.862. The van der Waals surface area contributed by atoms with Gasteiger partial charge in [-0.25, -0.2) is 0 Å². The molecule has 12 heavy (non-hydrogen) atoms. The number of rotatable bonds is 3. The highest BCUT2D eigenvalue weighted by Crippen LogP contribution is 2.16. The van der Waals surface area contributed by atoms with Crippen molar-refractivity contribution in [1.29, 1.82) is 0 Å². The fourth-order valence-electron chi connectivity index (χ4n) is 0.396. The van der Waals surface area contributed by atoms with Gasteiger partial charge in [-0.05, 0) is 0 Å². The Balaban J connectivity index is 5.16. The Morgan fingerprint density at radius 2 is 1.83 bits per heavy atom. The topological polar surface area (TPSA) is 125 Å². The Hall–Kier alpha value is -1.44. The molecule has 2 N–H and O–H groups in total. The molecular weight excluding hydrogens is 192 g/mol. The second-order valence-electron chi connectivity index (χ2n) is 1.71. The van der Waals surface area contributed by atoms with Crippen molar-refractivity contribution >= 4 is 17.4 Å². The fourth-order valence-corrected chi connectivity index (χ4v) is 0.480. The normalized spacial score (nSPS) is 12.7. The summed E-state index contributed by atoms with van der Waals surface area (Å²) in [5.41, 5.74) is 4.89. The molecule has 0 rings (SSSR count). The van der Waals surface area contributed by atoms with Gasteiger partial charge in [-0.2, -0.15) is 0 Å². The average Bonchev–Trinajstić information content (AvgIpc) is 2.00. The minimum Gasteiger partial charge on any atom is -0.374 e. The van der Waals surface area contributed by atoms with Crippen LogP contribution in [0, 0.1) is 20.2 Å². The maximum Gasteiger partial charge on any atom is 0.595 e. The van der Waals surface area contributed by atoms with Crippen LogP contribution in [0.25, 0.3) is 0 Å². The zero-order valence-electron chi connectivity index (χ0n) is 5.93. The third-order valence-electron chi connectivity index (χ3n) is 1.05. The van der Waals surface area contributed by atoms with E-state index < -0.39 is 20.8 Å². The summed E-state index contributed by atoms with van der Waals surface area (Å²) < 4.78 is 0. The quantitative estimate of drug-likeness (QED) is 0.123. The van der Waals surface area contributed by atoms with Crippen molar-refractivity contribution in [2.75, 3.05) is 7.05 Å². The predicted molar refractivity (Wildman–Crippen MR) is 40.1 cm³/mol. The number of nitro groups is 2. The first-order valence-corrected chi connectivity index (χ1v) is 2.95. The van der Waals surface area contributed by atoms with Crippen LogP contribution in [0.4, 0.5) is 0 Å². The van der Waals surface area contributed by atoms with Gasteiger partial charge >= 0.3 is 5.12 Å². The summed E-state index contributed by atoms with van der Waals surface area (Å²) in [4.78, 5) is 20.7. The number of hydrogen-bond acceptors (Lipinski definition) is 5. The summed E-state index contributed by atoms with van der Waals surface area (Å²) in [6.07, 6.45) is 0. The molecule has 0 amide bonds. The zero-order chi connectivity index (χ0) is 9.94. The van der Waals surface area contributed by atoms with Crippen molar-refractivity contribution in [3.05, 3.63) is 20.2 Å². The Labute approximate surface area is 71.3 Å². The summed E-state index contributed by atoms with van der Waals surface area (Å²) in [6.45, 7) is 0. The molecule has 0 aromatic rings. The van der Waals surface area contributed by atoms with E-state index in [0.29, 0.717) is 0 Å². The van der Waals surface area contributed by atoms with Crippen LogP contribution in [0.1, 0.15) is 0 Å². The lowest BCUT2D eigenvalue weighted by atomic mass is 10.5. The van der Waals surface area contributed by atoms with E-state index >= 15 is 0 Å². The van der Waals surface area contributed by atoms with Crippen molar-refractivity contribution in [2.45, 2.75) is 5.12 Å². The Kier molecular flexibility index (Phi) is 2.91. The van der Waals surface area contributed by atoms with Gasteiger partial charge in [-0.15, -0.1) is 0 Å². The lowest BCUT2D eigenvalue weighted by Gasteiger charge is -2.07. The number of nitrogens with zero attached hydrogens (tertiary/aromatic N) is 3. The monoisotopic (exact) mass is 196 g/mol. The molecule has 0 spiro atoms. The molecule has 0 aliphatic heterocycles. The van der Waals surface area contributed by atoms with Gasteiger partial charge in [-0.3, -0.25) is 25.2 Å². The van der Waals surface area contributed by atoms with Crippen LogP contribution in [0.15, 0.2) is 4.99 Å². The smallest absolute Gasteiger partial charge is 0.374 e. The summed E-state index contributed by atoms with van der Waals surface area (Å²) >= 11 is 5.01. The van der Waals surface area contributed by atoms with Crippen LogP contribution in [-0.2, 0) is 0 Å². The SMILES string of the molecule is CN=C(N)C(Cl)([N+](=O)[O-])[N+](=O)[O-]. The number of alkyl halides is 1. The van der Waals surface area contributed by atoms with E-state index in [2.05, 4.69) is 4.99 Å². The molecule has 0 aliphatic rings. The van der Waals surface area contributed by atoms with Crippen molar-refractivity contribution in [2.24, 2.45) is 10.7 Å². The molecule has 0 aromatic heterocycles. The van der Waals surface area contributed by atoms with Gasteiger partial charge < -0.3 is 5.73 Å². The Bertz CT molecular complexity index is 237. The van der Waals surface area contributed by atoms with E-state index in [9.17, 15) is 20.2 Å². The van der Waals surface area contributed by atoms with Gasteiger partial charge in [0.1, 0.15) is 9.85 Å². The predicted octanol–water partition coefficient (Wildman–Crippen LogP) is -0.581. The molecule has 0 saturated heterocycles. The summed E-state index contributed by atoms with van der Waals surface area (Å²) in [6, 6.07) is 0. The highest BCUT2D eigenvalue weighted by atomic mass is 35.5. The van der Waals surface area contributed by atoms with Gasteiger partial charge in [0.2, 0.25) is 0 Å². The molecule has 0 aliphatic carbocycles. The van der Waals surface area contributed by atoms with Crippen LogP contribution in [0.5, 0.6) is 0 Å². The third-order valence-corrected chi connectivity index (χ3v) is 1.52. The fraction of sp³-hybridized carbons (Fsp3) is 0.667. The maximum atomic E-state index is 10.1. The number of amidine groups is 1. The lowest BCUT2D eigenvalue weighted by Crippen LogP contribution is -2.52. The largest absolute Gasteiger partial charge is 0.595 e. The van der Waals surface area contributed by atoms with E-state index in [4.69, 9.17) is 17.3 Å². The van der Waals surface area contributed by atoms with E-state index in [-0.39, 0.29) is 0 Å². The van der Waals surface area contributed by atoms with E-state index in [1.165, 1.54) is 0 Å². The molecule has 9 heteroatoms. The first-order chi connectivity index (χ1) is 5.37. The van der Waals surface area contributed by atoms with E-state index in [1.807, 2.05) is 0 Å². The molecule has 68 valence electrons. The molecule has 0 saturated carbocycles. The second kappa shape index (κ2) is 3.30. The highest BCUT2D eigenvalue weighted by Gasteiger charge is 2.59. The minimum absolute atomic E-state index is 0.862. The van der Waals surface area contributed by atoms with Crippen LogP contribution in [0.3, 0.4) is 0 Å². The lowest BCUT2D eigenvalue weighted by molar-refractivity contribution is -0.742. The van der Waals surface area contributed by atoms with Crippen molar-refractivity contribution in [3.63, 3.8) is 0 Å².